The van der Waals surface area contributed by atoms with Crippen LogP contribution in [0.4, 0.5) is 5.82 Å². The second-order valence-corrected chi connectivity index (χ2v) is 8.43. The van der Waals surface area contributed by atoms with Gasteiger partial charge in [-0.1, -0.05) is 60.1 Å². The lowest BCUT2D eigenvalue weighted by molar-refractivity contribution is 0.211. The Kier molecular flexibility index (Phi) is 5.66. The number of nitrogens with zero attached hydrogens (tertiary/aromatic N) is 4. The molecule has 2 radical (unpaired) electrons. The van der Waals surface area contributed by atoms with E-state index in [2.05, 4.69) is 45.6 Å². The molecule has 5 nitrogen and oxygen atoms in total. The summed E-state index contributed by atoms with van der Waals surface area (Å²) >= 11 is 6.43. The Labute approximate surface area is 188 Å². The Hall–Kier alpha value is -2.83. The van der Waals surface area contributed by atoms with E-state index in [1.54, 1.807) is 10.7 Å². The minimum Gasteiger partial charge on any atom is -0.367 e. The molecule has 4 aromatic rings. The van der Waals surface area contributed by atoms with Crippen LogP contribution in [0, 0.1) is 0 Å². The lowest BCUT2D eigenvalue weighted by Gasteiger charge is -2.33. The van der Waals surface area contributed by atoms with Gasteiger partial charge in [-0.15, -0.1) is 0 Å². The number of halogens is 1. The second-order valence-electron chi connectivity index (χ2n) is 8.02. The molecule has 0 spiro atoms. The van der Waals surface area contributed by atoms with Gasteiger partial charge in [0.05, 0.1) is 5.69 Å². The molecule has 0 atom stereocenters. The number of aromatic nitrogens is 3. The van der Waals surface area contributed by atoms with Crippen LogP contribution in [0.5, 0.6) is 0 Å². The van der Waals surface area contributed by atoms with Crippen LogP contribution in [0.3, 0.4) is 0 Å². The number of benzene rings is 2. The van der Waals surface area contributed by atoms with E-state index in [-0.39, 0.29) is 0 Å². The minimum absolute atomic E-state index is 0.363. The molecule has 0 bridgehead atoms. The third-order valence-corrected chi connectivity index (χ3v) is 6.17. The average Bonchev–Trinajstić information content (AvgIpc) is 3.17. The summed E-state index contributed by atoms with van der Waals surface area (Å²) in [6.45, 7) is 3.11. The molecule has 3 heterocycles. The first-order valence-electron chi connectivity index (χ1n) is 10.6. The molecule has 0 amide bonds. The maximum absolute atomic E-state index is 6.43. The topological polar surface area (TPSA) is 45.5 Å². The number of likely N-dealkylation sites (tertiary alicyclic amines) is 1. The monoisotopic (exact) mass is 427 g/mol. The van der Waals surface area contributed by atoms with Gasteiger partial charge in [0.25, 0.3) is 0 Å². The van der Waals surface area contributed by atoms with Gasteiger partial charge in [-0.3, -0.25) is 4.90 Å². The zero-order valence-electron chi connectivity index (χ0n) is 17.2. The van der Waals surface area contributed by atoms with Gasteiger partial charge in [0.15, 0.2) is 5.65 Å². The van der Waals surface area contributed by atoms with Crippen molar-refractivity contribution < 1.29 is 0 Å². The molecule has 0 unspecified atom stereocenters. The molecule has 2 aromatic carbocycles. The number of rotatable bonds is 5. The maximum Gasteiger partial charge on any atom is 0.150 e. The molecule has 0 saturated carbocycles. The van der Waals surface area contributed by atoms with Gasteiger partial charge in [0.2, 0.25) is 0 Å². The molecular formula is C24H23BClN5. The van der Waals surface area contributed by atoms with Crippen molar-refractivity contribution in [1.82, 2.24) is 19.5 Å². The number of hydrogen-bond donors (Lipinski definition) is 1. The van der Waals surface area contributed by atoms with Crippen molar-refractivity contribution in [3.05, 3.63) is 77.4 Å². The van der Waals surface area contributed by atoms with E-state index in [1.165, 1.54) is 5.56 Å². The van der Waals surface area contributed by atoms with Crippen LogP contribution in [-0.2, 0) is 6.54 Å². The third-order valence-electron chi connectivity index (χ3n) is 5.84. The Morgan fingerprint density at radius 1 is 1.03 bits per heavy atom. The van der Waals surface area contributed by atoms with Crippen LogP contribution in [0.25, 0.3) is 16.9 Å². The first kappa shape index (κ1) is 20.1. The molecule has 7 heteroatoms. The molecule has 1 N–H and O–H groups in total. The lowest BCUT2D eigenvalue weighted by Crippen LogP contribution is -2.39. The van der Waals surface area contributed by atoms with E-state index < -0.39 is 0 Å². The SMILES string of the molecule is [B]c1cnn2c(NC3CCN(Cc4ccccc4)CC3)cc(-c3ccccc3Cl)nc12. The molecule has 0 aliphatic carbocycles. The number of piperidine rings is 1. The highest BCUT2D eigenvalue weighted by Gasteiger charge is 2.21. The van der Waals surface area contributed by atoms with Crippen LogP contribution in [-0.4, -0.2) is 46.5 Å². The summed E-state index contributed by atoms with van der Waals surface area (Å²) in [4.78, 5) is 7.23. The van der Waals surface area contributed by atoms with Crippen molar-refractivity contribution in [3.63, 3.8) is 0 Å². The highest BCUT2D eigenvalue weighted by atomic mass is 35.5. The van der Waals surface area contributed by atoms with Crippen molar-refractivity contribution >= 4 is 36.4 Å². The second kappa shape index (κ2) is 8.73. The summed E-state index contributed by atoms with van der Waals surface area (Å²) in [5, 5.41) is 8.79. The van der Waals surface area contributed by atoms with Crippen molar-refractivity contribution in [2.45, 2.75) is 25.4 Å². The van der Waals surface area contributed by atoms with Crippen molar-refractivity contribution in [2.24, 2.45) is 0 Å². The first-order valence-corrected chi connectivity index (χ1v) is 11.0. The van der Waals surface area contributed by atoms with E-state index in [4.69, 9.17) is 24.4 Å². The van der Waals surface area contributed by atoms with E-state index in [1.807, 2.05) is 30.3 Å². The first-order chi connectivity index (χ1) is 15.2. The van der Waals surface area contributed by atoms with Gasteiger partial charge in [0.1, 0.15) is 13.7 Å². The molecule has 1 saturated heterocycles. The van der Waals surface area contributed by atoms with Crippen molar-refractivity contribution in [3.8, 4) is 11.3 Å². The van der Waals surface area contributed by atoms with Crippen LogP contribution in [0.1, 0.15) is 18.4 Å². The van der Waals surface area contributed by atoms with Crippen LogP contribution in [0.2, 0.25) is 5.02 Å². The third kappa shape index (κ3) is 4.32. The van der Waals surface area contributed by atoms with E-state index in [9.17, 15) is 0 Å². The smallest absolute Gasteiger partial charge is 0.150 e. The van der Waals surface area contributed by atoms with E-state index in [0.29, 0.717) is 22.2 Å². The molecule has 5 rings (SSSR count). The van der Waals surface area contributed by atoms with E-state index in [0.717, 1.165) is 49.6 Å². The summed E-state index contributed by atoms with van der Waals surface area (Å²) in [6.07, 6.45) is 3.77. The van der Waals surface area contributed by atoms with Gasteiger partial charge in [0, 0.05) is 48.5 Å². The van der Waals surface area contributed by atoms with Gasteiger partial charge >= 0.3 is 0 Å². The predicted octanol–water partition coefficient (Wildman–Crippen LogP) is 3.92. The summed E-state index contributed by atoms with van der Waals surface area (Å²) < 4.78 is 1.78. The Balaban J connectivity index is 1.35. The Morgan fingerprint density at radius 2 is 1.77 bits per heavy atom. The number of nitrogens with one attached hydrogen (secondary N) is 1. The fraction of sp³-hybridized carbons (Fsp3) is 0.250. The van der Waals surface area contributed by atoms with Gasteiger partial charge < -0.3 is 5.32 Å². The molecule has 1 aliphatic heterocycles. The average molecular weight is 428 g/mol. The van der Waals surface area contributed by atoms with Gasteiger partial charge in [-0.25, -0.2) is 4.98 Å². The lowest BCUT2D eigenvalue weighted by atomic mass is 10.0. The van der Waals surface area contributed by atoms with Crippen molar-refractivity contribution in [2.75, 3.05) is 18.4 Å². The quantitative estimate of drug-likeness (QED) is 0.490. The number of anilines is 1. The summed E-state index contributed by atoms with van der Waals surface area (Å²) in [6, 6.07) is 20.7. The van der Waals surface area contributed by atoms with Crippen LogP contribution >= 0.6 is 11.6 Å². The fourth-order valence-electron chi connectivity index (χ4n) is 4.18. The standard InChI is InChI=1S/C24H23BClN5/c25-20-15-27-31-23(14-22(29-24(20)31)19-8-4-5-9-21(19)26)28-18-10-12-30(13-11-18)16-17-6-2-1-3-7-17/h1-9,14-15,18,28H,10-13,16H2. The zero-order chi connectivity index (χ0) is 21.2. The summed E-state index contributed by atoms with van der Waals surface area (Å²) in [7, 11) is 6.14. The van der Waals surface area contributed by atoms with Crippen molar-refractivity contribution in [1.29, 1.82) is 0 Å². The Bertz CT molecular complexity index is 1190. The predicted molar refractivity (Wildman–Crippen MR) is 127 cm³/mol. The highest BCUT2D eigenvalue weighted by molar-refractivity contribution is 6.36. The molecular weight excluding hydrogens is 405 g/mol. The minimum atomic E-state index is 0.363. The molecule has 31 heavy (non-hydrogen) atoms. The largest absolute Gasteiger partial charge is 0.367 e. The molecule has 154 valence electrons. The fourth-order valence-corrected chi connectivity index (χ4v) is 4.41. The summed E-state index contributed by atoms with van der Waals surface area (Å²) in [5.74, 6) is 0.887. The molecule has 1 aliphatic rings. The van der Waals surface area contributed by atoms with E-state index >= 15 is 0 Å². The summed E-state index contributed by atoms with van der Waals surface area (Å²) in [5.41, 5.74) is 4.22. The molecule has 1 fully saturated rings. The number of hydrogen-bond acceptors (Lipinski definition) is 4. The highest BCUT2D eigenvalue weighted by Crippen LogP contribution is 2.29. The van der Waals surface area contributed by atoms with Gasteiger partial charge in [-0.05, 0) is 29.9 Å². The van der Waals surface area contributed by atoms with Crippen LogP contribution < -0.4 is 10.8 Å². The molecule has 2 aromatic heterocycles. The van der Waals surface area contributed by atoms with Crippen LogP contribution in [0.15, 0.2) is 66.9 Å². The zero-order valence-corrected chi connectivity index (χ0v) is 18.0. The van der Waals surface area contributed by atoms with Gasteiger partial charge in [-0.2, -0.15) is 9.61 Å². The number of fused-ring (bicyclic) bond motifs is 1. The Morgan fingerprint density at radius 3 is 2.55 bits per heavy atom. The maximum atomic E-state index is 6.43. The normalized spacial score (nSPS) is 15.4.